The fraction of sp³-hybridized carbons (Fsp3) is 0.684. The zero-order valence-corrected chi connectivity index (χ0v) is 16.9. The van der Waals surface area contributed by atoms with Gasteiger partial charge in [0.15, 0.2) is 0 Å². The van der Waals surface area contributed by atoms with Crippen molar-refractivity contribution in [3.05, 3.63) is 29.8 Å². The van der Waals surface area contributed by atoms with Gasteiger partial charge in [0.2, 0.25) is 0 Å². The molecule has 0 aromatic heterocycles. The molecule has 0 unspecified atom stereocenters. The fourth-order valence-electron chi connectivity index (χ4n) is 3.13. The summed E-state index contributed by atoms with van der Waals surface area (Å²) in [5.74, 6) is 2.07. The molecule has 0 amide bonds. The van der Waals surface area contributed by atoms with Crippen molar-refractivity contribution in [3.8, 4) is 5.75 Å². The van der Waals surface area contributed by atoms with Gasteiger partial charge >= 0.3 is 6.18 Å². The Hall–Kier alpha value is -1.08. The molecule has 0 bridgehead atoms. The first-order valence-electron chi connectivity index (χ1n) is 9.24. The smallest absolute Gasteiger partial charge is 0.416 e. The van der Waals surface area contributed by atoms with E-state index < -0.39 is 22.5 Å². The SMILES string of the molecule is CC.CC.O=S1CC2(CCN(CCOc3ccc(C(F)(F)F)cc3)C2)C1. The fourth-order valence-corrected chi connectivity index (χ4v) is 4.88. The average Bonchev–Trinajstić information content (AvgIpc) is 3.02. The lowest BCUT2D eigenvalue weighted by Crippen LogP contribution is -2.46. The Labute approximate surface area is 157 Å². The number of rotatable bonds is 4. The van der Waals surface area contributed by atoms with E-state index in [0.717, 1.165) is 49.7 Å². The Morgan fingerprint density at radius 1 is 1.12 bits per heavy atom. The maximum absolute atomic E-state index is 12.4. The minimum atomic E-state index is -4.31. The summed E-state index contributed by atoms with van der Waals surface area (Å²) in [6.07, 6.45) is -3.23. The van der Waals surface area contributed by atoms with Crippen molar-refractivity contribution in [2.75, 3.05) is 37.7 Å². The molecule has 0 atom stereocenters. The van der Waals surface area contributed by atoms with Crippen LogP contribution >= 0.6 is 0 Å². The molecule has 1 spiro atoms. The second kappa shape index (κ2) is 10.3. The summed E-state index contributed by atoms with van der Waals surface area (Å²) in [5, 5.41) is 0. The van der Waals surface area contributed by atoms with Gasteiger partial charge in [0.25, 0.3) is 0 Å². The molecule has 3 rings (SSSR count). The summed E-state index contributed by atoms with van der Waals surface area (Å²) in [4.78, 5) is 2.28. The van der Waals surface area contributed by atoms with Crippen LogP contribution in [0.15, 0.2) is 24.3 Å². The van der Waals surface area contributed by atoms with E-state index in [0.29, 0.717) is 12.4 Å². The van der Waals surface area contributed by atoms with E-state index in [4.69, 9.17) is 4.74 Å². The second-order valence-corrected chi connectivity index (χ2v) is 7.58. The molecule has 26 heavy (non-hydrogen) atoms. The highest BCUT2D eigenvalue weighted by atomic mass is 32.2. The molecule has 0 N–H and O–H groups in total. The van der Waals surface area contributed by atoms with Gasteiger partial charge in [-0.1, -0.05) is 27.7 Å². The Bertz CT molecular complexity index is 553. The van der Waals surface area contributed by atoms with Crippen molar-refractivity contribution in [3.63, 3.8) is 0 Å². The normalized spacial score (nSPS) is 24.8. The van der Waals surface area contributed by atoms with Crippen LogP contribution in [0.5, 0.6) is 5.75 Å². The number of nitrogens with zero attached hydrogens (tertiary/aromatic N) is 1. The molecule has 1 aromatic carbocycles. The minimum absolute atomic E-state index is 0.249. The predicted octanol–water partition coefficient (Wildman–Crippen LogP) is 4.59. The average molecular weight is 394 g/mol. The Morgan fingerprint density at radius 2 is 1.69 bits per heavy atom. The number of hydrogen-bond acceptors (Lipinski definition) is 3. The first-order chi connectivity index (χ1) is 12.4. The molecule has 2 aliphatic heterocycles. The van der Waals surface area contributed by atoms with Crippen molar-refractivity contribution in [1.29, 1.82) is 0 Å². The van der Waals surface area contributed by atoms with Crippen LogP contribution in [0.25, 0.3) is 0 Å². The Morgan fingerprint density at radius 3 is 2.19 bits per heavy atom. The molecule has 0 aliphatic carbocycles. The van der Waals surface area contributed by atoms with Gasteiger partial charge in [-0.3, -0.25) is 9.11 Å². The Balaban J connectivity index is 0.000000791. The van der Waals surface area contributed by atoms with Crippen molar-refractivity contribution < 1.29 is 22.1 Å². The second-order valence-electron chi connectivity index (χ2n) is 6.13. The first-order valence-corrected chi connectivity index (χ1v) is 10.7. The van der Waals surface area contributed by atoms with Gasteiger partial charge in [0.1, 0.15) is 12.4 Å². The highest BCUT2D eigenvalue weighted by molar-refractivity contribution is 7.86. The van der Waals surface area contributed by atoms with Gasteiger partial charge in [-0.15, -0.1) is 0 Å². The summed E-state index contributed by atoms with van der Waals surface area (Å²) in [5.41, 5.74) is -0.418. The summed E-state index contributed by atoms with van der Waals surface area (Å²) < 4.78 is 54.1. The molecular weight excluding hydrogens is 363 g/mol. The van der Waals surface area contributed by atoms with E-state index in [1.807, 2.05) is 27.7 Å². The van der Waals surface area contributed by atoms with Crippen LogP contribution in [-0.2, 0) is 17.0 Å². The van der Waals surface area contributed by atoms with Gasteiger partial charge in [-0.2, -0.15) is 13.2 Å². The number of hydrogen-bond donors (Lipinski definition) is 0. The number of alkyl halides is 3. The lowest BCUT2D eigenvalue weighted by molar-refractivity contribution is -0.137. The largest absolute Gasteiger partial charge is 0.492 e. The number of likely N-dealkylation sites (tertiary alicyclic amines) is 1. The van der Waals surface area contributed by atoms with E-state index in [1.165, 1.54) is 12.1 Å². The molecule has 150 valence electrons. The summed E-state index contributed by atoms with van der Waals surface area (Å²) >= 11 is 0. The maximum Gasteiger partial charge on any atom is 0.416 e. The van der Waals surface area contributed by atoms with Crippen LogP contribution < -0.4 is 4.74 Å². The minimum Gasteiger partial charge on any atom is -0.492 e. The third-order valence-corrected chi connectivity index (χ3v) is 6.18. The lowest BCUT2D eigenvalue weighted by Gasteiger charge is -2.37. The van der Waals surface area contributed by atoms with E-state index in [9.17, 15) is 17.4 Å². The Kier molecular flexibility index (Phi) is 9.10. The molecule has 0 radical (unpaired) electrons. The molecule has 2 saturated heterocycles. The number of benzene rings is 1. The maximum atomic E-state index is 12.4. The van der Waals surface area contributed by atoms with Crippen LogP contribution in [0.1, 0.15) is 39.7 Å². The summed E-state index contributed by atoms with van der Waals surface area (Å²) in [6, 6.07) is 4.76. The molecule has 7 heteroatoms. The molecule has 1 aromatic rings. The van der Waals surface area contributed by atoms with E-state index in [2.05, 4.69) is 4.90 Å². The summed E-state index contributed by atoms with van der Waals surface area (Å²) in [6.45, 7) is 11.1. The highest BCUT2D eigenvalue weighted by Crippen LogP contribution is 2.39. The van der Waals surface area contributed by atoms with E-state index in [-0.39, 0.29) is 5.41 Å². The molecule has 2 heterocycles. The zero-order valence-electron chi connectivity index (χ0n) is 16.1. The predicted molar refractivity (Wildman–Crippen MR) is 101 cm³/mol. The molecule has 3 nitrogen and oxygen atoms in total. The van der Waals surface area contributed by atoms with E-state index >= 15 is 0 Å². The third kappa shape index (κ3) is 6.27. The van der Waals surface area contributed by atoms with Crippen LogP contribution in [0.4, 0.5) is 13.2 Å². The van der Waals surface area contributed by atoms with Gasteiger partial charge in [0, 0.05) is 40.8 Å². The number of ether oxygens (including phenoxy) is 1. The van der Waals surface area contributed by atoms with Gasteiger partial charge in [-0.25, -0.2) is 0 Å². The highest BCUT2D eigenvalue weighted by Gasteiger charge is 2.47. The van der Waals surface area contributed by atoms with Crippen LogP contribution in [-0.4, -0.2) is 46.9 Å². The van der Waals surface area contributed by atoms with Crippen LogP contribution in [0, 0.1) is 5.41 Å². The van der Waals surface area contributed by atoms with Gasteiger partial charge < -0.3 is 4.74 Å². The van der Waals surface area contributed by atoms with Crippen molar-refractivity contribution in [2.45, 2.75) is 40.3 Å². The summed E-state index contributed by atoms with van der Waals surface area (Å²) in [7, 11) is -0.631. The lowest BCUT2D eigenvalue weighted by atomic mass is 9.91. The monoisotopic (exact) mass is 393 g/mol. The zero-order chi connectivity index (χ0) is 19.8. The van der Waals surface area contributed by atoms with E-state index in [1.54, 1.807) is 0 Å². The first kappa shape index (κ1) is 23.0. The van der Waals surface area contributed by atoms with Crippen molar-refractivity contribution in [2.24, 2.45) is 5.41 Å². The topological polar surface area (TPSA) is 29.5 Å². The molecular formula is C19H30F3NO2S. The van der Waals surface area contributed by atoms with Crippen molar-refractivity contribution in [1.82, 2.24) is 4.90 Å². The van der Waals surface area contributed by atoms with Crippen molar-refractivity contribution >= 4 is 10.8 Å². The molecule has 0 saturated carbocycles. The van der Waals surface area contributed by atoms with Gasteiger partial charge in [-0.05, 0) is 37.2 Å². The molecule has 2 fully saturated rings. The van der Waals surface area contributed by atoms with Crippen LogP contribution in [0.2, 0.25) is 0 Å². The standard InChI is InChI=1S/C15H18F3NO2S.2C2H6/c16-15(17,18)12-1-3-13(4-2-12)21-8-7-19-6-5-14(9-19)10-22(20)11-14;2*1-2/h1-4H,5-11H2;2*1-2H3. The molecule has 2 aliphatic rings. The van der Waals surface area contributed by atoms with Crippen LogP contribution in [0.3, 0.4) is 0 Å². The number of halogens is 3. The third-order valence-electron chi connectivity index (χ3n) is 4.31. The quantitative estimate of drug-likeness (QED) is 0.749. The van der Waals surface area contributed by atoms with Gasteiger partial charge in [0.05, 0.1) is 5.56 Å².